The maximum absolute atomic E-state index is 6.22. The van der Waals surface area contributed by atoms with E-state index in [9.17, 15) is 0 Å². The quantitative estimate of drug-likeness (QED) is 0.193. The van der Waals surface area contributed by atoms with Gasteiger partial charge in [0.05, 0.1) is 26.4 Å². The topological polar surface area (TPSA) is 36.9 Å². The third kappa shape index (κ3) is 9.78. The van der Waals surface area contributed by atoms with Crippen LogP contribution in [0.4, 0.5) is 0 Å². The van der Waals surface area contributed by atoms with Crippen LogP contribution in [0.3, 0.4) is 0 Å². The lowest BCUT2D eigenvalue weighted by atomic mass is 9.77. The Hall–Kier alpha value is -0.960. The third-order valence-electron chi connectivity index (χ3n) is 5.20. The van der Waals surface area contributed by atoms with E-state index in [1.807, 2.05) is 52.0 Å². The van der Waals surface area contributed by atoms with E-state index < -0.39 is 5.41 Å². The van der Waals surface area contributed by atoms with E-state index in [0.717, 1.165) is 34.1 Å². The summed E-state index contributed by atoms with van der Waals surface area (Å²) in [4.78, 5) is 0. The molecule has 0 aliphatic heterocycles. The molecule has 0 spiro atoms. The molecule has 4 unspecified atom stereocenters. The SMILES string of the molecule is CC(S)COc1ccc(C(C)(C)c2ccc(OCC(C)S)cc2OCC(C)S)c(OCC(C)S)c1. The number of thiol groups is 4. The summed E-state index contributed by atoms with van der Waals surface area (Å²) in [5, 5.41) is 0.449. The molecule has 4 nitrogen and oxygen atoms in total. The molecule has 0 heterocycles. The highest BCUT2D eigenvalue weighted by Gasteiger charge is 2.31. The average molecular weight is 557 g/mol. The third-order valence-corrected chi connectivity index (χ3v) is 5.79. The second kappa shape index (κ2) is 14.1. The van der Waals surface area contributed by atoms with Crippen LogP contribution in [0.2, 0.25) is 0 Å². The van der Waals surface area contributed by atoms with E-state index in [-0.39, 0.29) is 21.0 Å². The zero-order chi connectivity index (χ0) is 26.2. The minimum absolute atomic E-state index is 0.0921. The lowest BCUT2D eigenvalue weighted by molar-refractivity contribution is 0.296. The second-order valence-corrected chi connectivity index (χ2v) is 13.1. The van der Waals surface area contributed by atoms with Gasteiger partial charge < -0.3 is 18.9 Å². The van der Waals surface area contributed by atoms with Crippen molar-refractivity contribution < 1.29 is 18.9 Å². The molecule has 2 rings (SSSR count). The number of rotatable bonds is 14. The highest BCUT2D eigenvalue weighted by atomic mass is 32.1. The summed E-state index contributed by atoms with van der Waals surface area (Å²) in [6.45, 7) is 14.3. The Labute approximate surface area is 233 Å². The van der Waals surface area contributed by atoms with Crippen molar-refractivity contribution in [3.05, 3.63) is 47.5 Å². The van der Waals surface area contributed by atoms with Crippen LogP contribution >= 0.6 is 50.5 Å². The summed E-state index contributed by atoms with van der Waals surface area (Å²) in [5.74, 6) is 3.02. The Morgan fingerprint density at radius 3 is 1.20 bits per heavy atom. The Morgan fingerprint density at radius 2 is 0.886 bits per heavy atom. The first kappa shape index (κ1) is 30.3. The van der Waals surface area contributed by atoms with Crippen LogP contribution in [0.15, 0.2) is 36.4 Å². The van der Waals surface area contributed by atoms with Crippen LogP contribution in [0, 0.1) is 0 Å². The lowest BCUT2D eigenvalue weighted by Crippen LogP contribution is -2.23. The monoisotopic (exact) mass is 556 g/mol. The van der Waals surface area contributed by atoms with Crippen LogP contribution in [0.25, 0.3) is 0 Å². The smallest absolute Gasteiger partial charge is 0.127 e. The van der Waals surface area contributed by atoms with E-state index in [0.29, 0.717) is 26.4 Å². The van der Waals surface area contributed by atoms with Gasteiger partial charge in [-0.25, -0.2) is 0 Å². The van der Waals surface area contributed by atoms with Crippen molar-refractivity contribution in [3.63, 3.8) is 0 Å². The van der Waals surface area contributed by atoms with Gasteiger partial charge in [0.1, 0.15) is 23.0 Å². The van der Waals surface area contributed by atoms with E-state index in [4.69, 9.17) is 18.9 Å². The normalized spacial score (nSPS) is 15.1. The van der Waals surface area contributed by atoms with Gasteiger partial charge in [-0.3, -0.25) is 0 Å². The zero-order valence-corrected chi connectivity index (χ0v) is 25.1. The molecule has 0 fully saturated rings. The molecule has 0 amide bonds. The van der Waals surface area contributed by atoms with Crippen molar-refractivity contribution in [1.29, 1.82) is 0 Å². The molecule has 0 aliphatic carbocycles. The number of hydrogen-bond donors (Lipinski definition) is 4. The van der Waals surface area contributed by atoms with Crippen molar-refractivity contribution in [2.24, 2.45) is 0 Å². The fourth-order valence-electron chi connectivity index (χ4n) is 3.46. The van der Waals surface area contributed by atoms with Gasteiger partial charge in [-0.15, -0.1) is 0 Å². The van der Waals surface area contributed by atoms with Crippen molar-refractivity contribution in [2.75, 3.05) is 26.4 Å². The van der Waals surface area contributed by atoms with Crippen molar-refractivity contribution in [3.8, 4) is 23.0 Å². The van der Waals surface area contributed by atoms with Crippen molar-refractivity contribution >= 4 is 50.5 Å². The van der Waals surface area contributed by atoms with Gasteiger partial charge in [-0.2, -0.15) is 50.5 Å². The number of hydrogen-bond acceptors (Lipinski definition) is 8. The predicted molar refractivity (Wildman–Crippen MR) is 161 cm³/mol. The molecule has 0 saturated carbocycles. The summed E-state index contributed by atoms with van der Waals surface area (Å²) < 4.78 is 24.3. The van der Waals surface area contributed by atoms with Crippen molar-refractivity contribution in [1.82, 2.24) is 0 Å². The molecule has 0 aromatic heterocycles. The van der Waals surface area contributed by atoms with Crippen molar-refractivity contribution in [2.45, 2.75) is 68.0 Å². The number of ether oxygens (including phenoxy) is 4. The van der Waals surface area contributed by atoms with Gasteiger partial charge in [-0.1, -0.05) is 53.7 Å². The summed E-state index contributed by atoms with van der Waals surface area (Å²) in [5.41, 5.74) is 1.62. The molecule has 0 saturated heterocycles. The maximum Gasteiger partial charge on any atom is 0.127 e. The molecule has 0 aliphatic rings. The molecule has 2 aromatic carbocycles. The second-order valence-electron chi connectivity index (χ2n) is 9.58. The molecule has 8 heteroatoms. The molecular formula is C27H40O4S4. The molecule has 196 valence electrons. The van der Waals surface area contributed by atoms with Gasteiger partial charge in [0.25, 0.3) is 0 Å². The molecule has 2 aromatic rings. The van der Waals surface area contributed by atoms with Crippen LogP contribution in [-0.2, 0) is 5.41 Å². The summed E-state index contributed by atoms with van der Waals surface area (Å²) in [6.07, 6.45) is 0. The maximum atomic E-state index is 6.22. The van der Waals surface area contributed by atoms with Crippen LogP contribution in [0.5, 0.6) is 23.0 Å². The first-order chi connectivity index (χ1) is 16.4. The Morgan fingerprint density at radius 1 is 0.571 bits per heavy atom. The first-order valence-corrected chi connectivity index (χ1v) is 14.0. The fourth-order valence-corrected chi connectivity index (χ4v) is 3.75. The van der Waals surface area contributed by atoms with Gasteiger partial charge in [-0.05, 0) is 12.1 Å². The van der Waals surface area contributed by atoms with E-state index >= 15 is 0 Å². The minimum Gasteiger partial charge on any atom is -0.492 e. The molecule has 35 heavy (non-hydrogen) atoms. The van der Waals surface area contributed by atoms with E-state index in [1.165, 1.54) is 0 Å². The van der Waals surface area contributed by atoms with Gasteiger partial charge >= 0.3 is 0 Å². The standard InChI is InChI=1S/C27H40O4S4/c1-17(32)13-28-21-7-9-23(25(11-21)30-15-19(3)34)27(5,6)24-10-8-22(29-14-18(2)33)12-26(24)31-16-20(4)35/h7-12,17-20,32-35H,13-16H2,1-6H3. The van der Waals surface area contributed by atoms with Crippen LogP contribution in [0.1, 0.15) is 52.7 Å². The summed E-state index contributed by atoms with van der Waals surface area (Å²) in [7, 11) is 0. The van der Waals surface area contributed by atoms with E-state index in [1.54, 1.807) is 0 Å². The lowest BCUT2D eigenvalue weighted by Gasteiger charge is -2.31. The van der Waals surface area contributed by atoms with Gasteiger partial charge in [0.2, 0.25) is 0 Å². The Kier molecular flexibility index (Phi) is 12.2. The summed E-state index contributed by atoms with van der Waals surface area (Å²) in [6, 6.07) is 12.0. The average Bonchev–Trinajstić information content (AvgIpc) is 2.78. The van der Waals surface area contributed by atoms with E-state index in [2.05, 4.69) is 76.5 Å². The molecule has 0 radical (unpaired) electrons. The van der Waals surface area contributed by atoms with Crippen LogP contribution < -0.4 is 18.9 Å². The first-order valence-electron chi connectivity index (χ1n) is 11.9. The minimum atomic E-state index is -0.435. The molecule has 0 bridgehead atoms. The predicted octanol–water partition coefficient (Wildman–Crippen LogP) is 6.80. The molecule has 4 atom stereocenters. The van der Waals surface area contributed by atoms with Gasteiger partial charge in [0.15, 0.2) is 0 Å². The Balaban J connectivity index is 2.50. The fraction of sp³-hybridized carbons (Fsp3) is 0.556. The van der Waals surface area contributed by atoms with Gasteiger partial charge in [0, 0.05) is 49.7 Å². The summed E-state index contributed by atoms with van der Waals surface area (Å²) >= 11 is 17.8. The Bertz CT molecular complexity index is 856. The van der Waals surface area contributed by atoms with Crippen LogP contribution in [-0.4, -0.2) is 47.4 Å². The molecular weight excluding hydrogens is 517 g/mol. The zero-order valence-electron chi connectivity index (χ0n) is 21.5. The molecule has 0 N–H and O–H groups in total. The number of benzene rings is 2. The highest BCUT2D eigenvalue weighted by molar-refractivity contribution is 7.81. The highest BCUT2D eigenvalue weighted by Crippen LogP contribution is 2.44. The largest absolute Gasteiger partial charge is 0.492 e.